The first-order valence-corrected chi connectivity index (χ1v) is 7.55. The zero-order valence-electron chi connectivity index (χ0n) is 12.1. The third kappa shape index (κ3) is 3.27. The van der Waals surface area contributed by atoms with Crippen molar-refractivity contribution in [3.63, 3.8) is 0 Å². The zero-order chi connectivity index (χ0) is 15.7. The Bertz CT molecular complexity index is 554. The lowest BCUT2D eigenvalue weighted by molar-refractivity contribution is -0.137. The predicted octanol–water partition coefficient (Wildman–Crippen LogP) is 3.17. The van der Waals surface area contributed by atoms with Gasteiger partial charge in [-0.3, -0.25) is 0 Å². The molecular weight excluding hydrogens is 293 g/mol. The van der Waals surface area contributed by atoms with Crippen LogP contribution in [0.5, 0.6) is 0 Å². The molecule has 0 radical (unpaired) electrons. The maximum atomic E-state index is 12.5. The maximum Gasteiger partial charge on any atom is 0.416 e. The van der Waals surface area contributed by atoms with Crippen molar-refractivity contribution < 1.29 is 17.9 Å². The molecule has 1 aliphatic carbocycles. The first kappa shape index (κ1) is 15.3. The van der Waals surface area contributed by atoms with Crippen LogP contribution in [0.15, 0.2) is 29.3 Å². The highest BCUT2D eigenvalue weighted by molar-refractivity contribution is 5.80. The third-order valence-corrected chi connectivity index (χ3v) is 4.43. The average Bonchev–Trinajstić information content (AvgIpc) is 2.88. The van der Waals surface area contributed by atoms with Crippen molar-refractivity contribution in [1.29, 1.82) is 0 Å². The predicted molar refractivity (Wildman–Crippen MR) is 77.6 cm³/mol. The SMILES string of the molecule is NCC1CCC2N=C(Cc3ccc(C(F)(F)F)cc3)OC2C1. The van der Waals surface area contributed by atoms with Gasteiger partial charge in [-0.1, -0.05) is 12.1 Å². The fraction of sp³-hybridized carbons (Fsp3) is 0.562. The third-order valence-electron chi connectivity index (χ3n) is 4.43. The van der Waals surface area contributed by atoms with Crippen molar-refractivity contribution in [2.45, 2.75) is 44.0 Å². The number of rotatable bonds is 3. The molecule has 1 aliphatic heterocycles. The number of nitrogens with two attached hydrogens (primary N) is 1. The lowest BCUT2D eigenvalue weighted by atomic mass is 9.84. The molecule has 3 nitrogen and oxygen atoms in total. The summed E-state index contributed by atoms with van der Waals surface area (Å²) in [4.78, 5) is 4.58. The summed E-state index contributed by atoms with van der Waals surface area (Å²) in [7, 11) is 0. The summed E-state index contributed by atoms with van der Waals surface area (Å²) in [6.07, 6.45) is -0.806. The largest absolute Gasteiger partial charge is 0.475 e. The van der Waals surface area contributed by atoms with E-state index in [1.54, 1.807) is 0 Å². The summed E-state index contributed by atoms with van der Waals surface area (Å²) in [5.74, 6) is 1.12. The van der Waals surface area contributed by atoms with E-state index in [9.17, 15) is 13.2 Å². The summed E-state index contributed by atoms with van der Waals surface area (Å²) in [6.45, 7) is 0.667. The molecule has 3 atom stereocenters. The van der Waals surface area contributed by atoms with Gasteiger partial charge in [0, 0.05) is 6.42 Å². The Morgan fingerprint density at radius 3 is 2.55 bits per heavy atom. The van der Waals surface area contributed by atoms with Crippen molar-refractivity contribution >= 4 is 5.90 Å². The summed E-state index contributed by atoms with van der Waals surface area (Å²) in [5.41, 5.74) is 5.85. The van der Waals surface area contributed by atoms with Crippen LogP contribution >= 0.6 is 0 Å². The highest BCUT2D eigenvalue weighted by atomic mass is 19.4. The van der Waals surface area contributed by atoms with Crippen molar-refractivity contribution in [2.75, 3.05) is 6.54 Å². The van der Waals surface area contributed by atoms with Gasteiger partial charge in [0.05, 0.1) is 11.6 Å². The number of benzene rings is 1. The number of nitrogens with zero attached hydrogens (tertiary/aromatic N) is 1. The Hall–Kier alpha value is -1.56. The second-order valence-electron chi connectivity index (χ2n) is 6.03. The normalized spacial score (nSPS) is 28.0. The van der Waals surface area contributed by atoms with Gasteiger partial charge >= 0.3 is 6.18 Å². The van der Waals surface area contributed by atoms with Crippen LogP contribution < -0.4 is 5.73 Å². The number of aliphatic imine (C=N–C) groups is 1. The second kappa shape index (κ2) is 5.91. The Balaban J connectivity index is 1.63. The molecule has 0 saturated heterocycles. The monoisotopic (exact) mass is 312 g/mol. The molecule has 22 heavy (non-hydrogen) atoms. The van der Waals surface area contributed by atoms with E-state index in [4.69, 9.17) is 10.5 Å². The van der Waals surface area contributed by atoms with E-state index in [0.717, 1.165) is 37.0 Å². The molecule has 120 valence electrons. The number of hydrogen-bond donors (Lipinski definition) is 1. The van der Waals surface area contributed by atoms with Crippen LogP contribution in [0.1, 0.15) is 30.4 Å². The molecule has 0 spiro atoms. The minimum Gasteiger partial charge on any atom is -0.475 e. The molecule has 1 fully saturated rings. The van der Waals surface area contributed by atoms with Crippen LogP contribution in [0.2, 0.25) is 0 Å². The molecule has 3 unspecified atom stereocenters. The molecule has 2 aliphatic rings. The van der Waals surface area contributed by atoms with Gasteiger partial charge < -0.3 is 10.5 Å². The van der Waals surface area contributed by atoms with Crippen LogP contribution in [0.4, 0.5) is 13.2 Å². The summed E-state index contributed by atoms with van der Waals surface area (Å²) >= 11 is 0. The number of hydrogen-bond acceptors (Lipinski definition) is 3. The van der Waals surface area contributed by atoms with Gasteiger partial charge in [0.15, 0.2) is 5.90 Å². The van der Waals surface area contributed by atoms with E-state index in [0.29, 0.717) is 24.8 Å². The summed E-state index contributed by atoms with van der Waals surface area (Å²) in [6, 6.07) is 5.36. The smallest absolute Gasteiger partial charge is 0.416 e. The number of halogens is 3. The van der Waals surface area contributed by atoms with Gasteiger partial charge in [-0.25, -0.2) is 4.99 Å². The van der Waals surface area contributed by atoms with Gasteiger partial charge in [-0.15, -0.1) is 0 Å². The second-order valence-corrected chi connectivity index (χ2v) is 6.03. The van der Waals surface area contributed by atoms with Gasteiger partial charge in [-0.05, 0) is 49.4 Å². The molecular formula is C16H19F3N2O. The van der Waals surface area contributed by atoms with E-state index in [1.165, 1.54) is 12.1 Å². The van der Waals surface area contributed by atoms with Crippen LogP contribution in [-0.4, -0.2) is 24.6 Å². The molecule has 2 N–H and O–H groups in total. The molecule has 0 amide bonds. The molecule has 0 bridgehead atoms. The van der Waals surface area contributed by atoms with Crippen molar-refractivity contribution in [3.05, 3.63) is 35.4 Å². The zero-order valence-corrected chi connectivity index (χ0v) is 12.1. The quantitative estimate of drug-likeness (QED) is 0.932. The molecule has 3 rings (SSSR count). The van der Waals surface area contributed by atoms with Gasteiger partial charge in [-0.2, -0.15) is 13.2 Å². The van der Waals surface area contributed by atoms with Gasteiger partial charge in [0.1, 0.15) is 6.10 Å². The Morgan fingerprint density at radius 2 is 1.91 bits per heavy atom. The highest BCUT2D eigenvalue weighted by Crippen LogP contribution is 2.33. The fourth-order valence-corrected chi connectivity index (χ4v) is 3.15. The number of fused-ring (bicyclic) bond motifs is 1. The molecule has 1 heterocycles. The lowest BCUT2D eigenvalue weighted by Crippen LogP contribution is -2.34. The summed E-state index contributed by atoms with van der Waals surface area (Å²) in [5, 5.41) is 0. The van der Waals surface area contributed by atoms with E-state index >= 15 is 0 Å². The molecule has 6 heteroatoms. The van der Waals surface area contributed by atoms with E-state index < -0.39 is 11.7 Å². The minimum absolute atomic E-state index is 0.0896. The maximum absolute atomic E-state index is 12.5. The van der Waals surface area contributed by atoms with Crippen LogP contribution in [0.3, 0.4) is 0 Å². The fourth-order valence-electron chi connectivity index (χ4n) is 3.15. The highest BCUT2D eigenvalue weighted by Gasteiger charge is 2.36. The van der Waals surface area contributed by atoms with Crippen LogP contribution in [0.25, 0.3) is 0 Å². The lowest BCUT2D eigenvalue weighted by Gasteiger charge is -2.28. The van der Waals surface area contributed by atoms with Gasteiger partial charge in [0.2, 0.25) is 0 Å². The number of alkyl halides is 3. The van der Waals surface area contributed by atoms with E-state index in [2.05, 4.69) is 4.99 Å². The molecule has 1 aromatic rings. The van der Waals surface area contributed by atoms with Crippen molar-refractivity contribution in [2.24, 2.45) is 16.6 Å². The van der Waals surface area contributed by atoms with E-state index in [-0.39, 0.29) is 12.1 Å². The Morgan fingerprint density at radius 1 is 1.18 bits per heavy atom. The molecule has 1 aromatic carbocycles. The Kier molecular flexibility index (Phi) is 4.12. The van der Waals surface area contributed by atoms with Gasteiger partial charge in [0.25, 0.3) is 0 Å². The standard InChI is InChI=1S/C16H19F3N2O/c17-16(18,19)12-4-1-10(2-5-12)8-15-21-13-6-3-11(9-20)7-14(13)22-15/h1-2,4-5,11,13-14H,3,6-9,20H2. The van der Waals surface area contributed by atoms with Crippen molar-refractivity contribution in [1.82, 2.24) is 0 Å². The topological polar surface area (TPSA) is 47.6 Å². The van der Waals surface area contributed by atoms with Crippen LogP contribution in [-0.2, 0) is 17.3 Å². The number of ether oxygens (including phenoxy) is 1. The molecule has 0 aromatic heterocycles. The summed E-state index contributed by atoms with van der Waals surface area (Å²) < 4.78 is 43.5. The van der Waals surface area contributed by atoms with E-state index in [1.807, 2.05) is 0 Å². The average molecular weight is 312 g/mol. The van der Waals surface area contributed by atoms with Crippen LogP contribution in [0, 0.1) is 5.92 Å². The molecule has 1 saturated carbocycles. The first-order valence-electron chi connectivity index (χ1n) is 7.55. The minimum atomic E-state index is -4.30. The van der Waals surface area contributed by atoms with Crippen molar-refractivity contribution in [3.8, 4) is 0 Å². The first-order chi connectivity index (χ1) is 10.5. The Labute approximate surface area is 127 Å².